The van der Waals surface area contributed by atoms with E-state index in [0.717, 1.165) is 24.5 Å². The second-order valence-corrected chi connectivity index (χ2v) is 8.27. The summed E-state index contributed by atoms with van der Waals surface area (Å²) in [7, 11) is 1.51. The molecule has 0 atom stereocenters. The van der Waals surface area contributed by atoms with Crippen LogP contribution >= 0.6 is 22.9 Å². The molecule has 0 aliphatic carbocycles. The molecule has 0 unspecified atom stereocenters. The van der Waals surface area contributed by atoms with Crippen LogP contribution in [0.15, 0.2) is 41.4 Å². The highest BCUT2D eigenvalue weighted by Gasteiger charge is 2.44. The lowest BCUT2D eigenvalue weighted by Crippen LogP contribution is -2.47. The molecule has 2 amide bonds. The number of likely N-dealkylation sites (N-methyl/N-ethyl adjacent to an activating group) is 1. The molecule has 0 saturated carbocycles. The summed E-state index contributed by atoms with van der Waals surface area (Å²) >= 11 is 7.63. The molecule has 29 heavy (non-hydrogen) atoms. The summed E-state index contributed by atoms with van der Waals surface area (Å²) in [5, 5.41) is 2.35. The third-order valence-electron chi connectivity index (χ3n) is 5.34. The molecular weight excluding hydrogens is 410 g/mol. The van der Waals surface area contributed by atoms with Crippen molar-refractivity contribution in [2.75, 3.05) is 44.7 Å². The van der Waals surface area contributed by atoms with Crippen LogP contribution in [0.4, 0.5) is 5.69 Å². The lowest BCUT2D eigenvalue weighted by atomic mass is 10.1. The van der Waals surface area contributed by atoms with Gasteiger partial charge in [-0.3, -0.25) is 9.59 Å². The Hall–Kier alpha value is -2.35. The number of imide groups is 1. The largest absolute Gasteiger partial charge is 0.495 e. The van der Waals surface area contributed by atoms with Crippen molar-refractivity contribution in [2.45, 2.75) is 6.92 Å². The van der Waals surface area contributed by atoms with Crippen molar-refractivity contribution >= 4 is 46.0 Å². The first kappa shape index (κ1) is 19.9. The molecule has 0 radical (unpaired) electrons. The number of thiophene rings is 1. The van der Waals surface area contributed by atoms with Crippen LogP contribution in [0.2, 0.25) is 5.02 Å². The number of hydrogen-bond donors (Lipinski definition) is 0. The molecular formula is C21H22ClN3O3S. The minimum Gasteiger partial charge on any atom is -0.495 e. The summed E-state index contributed by atoms with van der Waals surface area (Å²) in [5.74, 6) is -0.242. The van der Waals surface area contributed by atoms with Gasteiger partial charge < -0.3 is 14.5 Å². The van der Waals surface area contributed by atoms with Gasteiger partial charge in [0, 0.05) is 36.1 Å². The van der Waals surface area contributed by atoms with Crippen LogP contribution in [-0.4, -0.2) is 61.4 Å². The van der Waals surface area contributed by atoms with Gasteiger partial charge in [-0.15, -0.1) is 11.3 Å². The second-order valence-electron chi connectivity index (χ2n) is 6.88. The van der Waals surface area contributed by atoms with Gasteiger partial charge in [-0.25, -0.2) is 4.90 Å². The molecule has 152 valence electrons. The average molecular weight is 432 g/mol. The Morgan fingerprint density at radius 2 is 1.86 bits per heavy atom. The lowest BCUT2D eigenvalue weighted by Gasteiger charge is -2.35. The first-order valence-electron chi connectivity index (χ1n) is 9.53. The third kappa shape index (κ3) is 3.54. The van der Waals surface area contributed by atoms with Gasteiger partial charge in [0.1, 0.15) is 11.4 Å². The monoisotopic (exact) mass is 431 g/mol. The average Bonchev–Trinajstić information content (AvgIpc) is 3.34. The number of anilines is 1. The van der Waals surface area contributed by atoms with E-state index in [4.69, 9.17) is 16.3 Å². The minimum atomic E-state index is -0.342. The summed E-state index contributed by atoms with van der Waals surface area (Å²) in [6.45, 7) is 6.24. The first-order valence-corrected chi connectivity index (χ1v) is 10.8. The van der Waals surface area contributed by atoms with Gasteiger partial charge >= 0.3 is 0 Å². The Morgan fingerprint density at radius 3 is 2.48 bits per heavy atom. The first-order chi connectivity index (χ1) is 14.0. The van der Waals surface area contributed by atoms with E-state index in [0.29, 0.717) is 40.8 Å². The molecule has 8 heteroatoms. The number of rotatable bonds is 5. The van der Waals surface area contributed by atoms with Crippen molar-refractivity contribution in [2.24, 2.45) is 0 Å². The lowest BCUT2D eigenvalue weighted by molar-refractivity contribution is -0.120. The predicted octanol–water partition coefficient (Wildman–Crippen LogP) is 3.33. The summed E-state index contributed by atoms with van der Waals surface area (Å²) in [6.07, 6.45) is 0. The minimum absolute atomic E-state index is 0.330. The number of ether oxygens (including phenoxy) is 1. The van der Waals surface area contributed by atoms with Gasteiger partial charge in [0.2, 0.25) is 0 Å². The molecule has 2 aliphatic heterocycles. The van der Waals surface area contributed by atoms with E-state index in [2.05, 4.69) is 11.8 Å². The SMILES string of the molecule is CCN1CCN(C2=C(c3cccs3)C(=O)N(c3cc(Cl)ccc3OC)C2=O)CC1. The molecule has 0 spiro atoms. The van der Waals surface area contributed by atoms with Gasteiger partial charge in [0.25, 0.3) is 11.8 Å². The number of halogens is 1. The van der Waals surface area contributed by atoms with Crippen molar-refractivity contribution in [3.63, 3.8) is 0 Å². The number of benzene rings is 1. The van der Waals surface area contributed by atoms with Crippen molar-refractivity contribution in [3.8, 4) is 5.75 Å². The molecule has 1 saturated heterocycles. The molecule has 1 aromatic carbocycles. The van der Waals surface area contributed by atoms with E-state index in [1.165, 1.54) is 23.3 Å². The van der Waals surface area contributed by atoms with E-state index >= 15 is 0 Å². The van der Waals surface area contributed by atoms with Crippen LogP contribution in [0.3, 0.4) is 0 Å². The molecule has 4 rings (SSSR count). The summed E-state index contributed by atoms with van der Waals surface area (Å²) in [4.78, 5) is 33.4. The molecule has 3 heterocycles. The third-order valence-corrected chi connectivity index (χ3v) is 6.47. The van der Waals surface area contributed by atoms with Crippen molar-refractivity contribution in [1.82, 2.24) is 9.80 Å². The van der Waals surface area contributed by atoms with Crippen LogP contribution in [0.5, 0.6) is 5.75 Å². The zero-order chi connectivity index (χ0) is 20.5. The van der Waals surface area contributed by atoms with Gasteiger partial charge in [0.05, 0.1) is 18.4 Å². The number of amides is 2. The number of methoxy groups -OCH3 is 1. The maximum Gasteiger partial charge on any atom is 0.282 e. The Balaban J connectivity index is 1.78. The summed E-state index contributed by atoms with van der Waals surface area (Å²) in [6, 6.07) is 8.71. The van der Waals surface area contributed by atoms with E-state index < -0.39 is 0 Å². The molecule has 2 aromatic rings. The van der Waals surface area contributed by atoms with E-state index in [1.807, 2.05) is 22.4 Å². The van der Waals surface area contributed by atoms with Gasteiger partial charge in [-0.1, -0.05) is 24.6 Å². The number of carbonyl (C=O) groups excluding carboxylic acids is 2. The van der Waals surface area contributed by atoms with Crippen LogP contribution in [-0.2, 0) is 9.59 Å². The number of piperazine rings is 1. The number of hydrogen-bond acceptors (Lipinski definition) is 6. The summed E-state index contributed by atoms with van der Waals surface area (Å²) < 4.78 is 5.40. The highest BCUT2D eigenvalue weighted by Crippen LogP contribution is 2.40. The maximum atomic E-state index is 13.5. The van der Waals surface area contributed by atoms with Crippen LogP contribution < -0.4 is 9.64 Å². The predicted molar refractivity (Wildman–Crippen MR) is 115 cm³/mol. The molecule has 0 N–H and O–H groups in total. The quantitative estimate of drug-likeness (QED) is 0.680. The molecule has 6 nitrogen and oxygen atoms in total. The fraction of sp³-hybridized carbons (Fsp3) is 0.333. The van der Waals surface area contributed by atoms with E-state index in [9.17, 15) is 9.59 Å². The standard InChI is InChI=1S/C21H22ClN3O3S/c1-3-23-8-10-24(11-9-23)19-18(17-5-4-12-29-17)20(26)25(21(19)27)15-13-14(22)6-7-16(15)28-2/h4-7,12-13H,3,8-11H2,1-2H3. The second kappa shape index (κ2) is 8.18. The van der Waals surface area contributed by atoms with E-state index in [-0.39, 0.29) is 11.8 Å². The van der Waals surface area contributed by atoms with E-state index in [1.54, 1.807) is 18.2 Å². The molecule has 1 aromatic heterocycles. The molecule has 2 aliphatic rings. The van der Waals surface area contributed by atoms with Crippen molar-refractivity contribution < 1.29 is 14.3 Å². The molecule has 0 bridgehead atoms. The Labute approximate surface area is 178 Å². The zero-order valence-corrected chi connectivity index (χ0v) is 17.9. The van der Waals surface area contributed by atoms with Crippen molar-refractivity contribution in [3.05, 3.63) is 51.3 Å². The van der Waals surface area contributed by atoms with Crippen LogP contribution in [0, 0.1) is 0 Å². The maximum absolute atomic E-state index is 13.5. The van der Waals surface area contributed by atoms with Gasteiger partial charge in [0.15, 0.2) is 0 Å². The van der Waals surface area contributed by atoms with Crippen molar-refractivity contribution in [1.29, 1.82) is 0 Å². The zero-order valence-electron chi connectivity index (χ0n) is 16.4. The normalized spacial score (nSPS) is 18.2. The highest BCUT2D eigenvalue weighted by atomic mass is 35.5. The topological polar surface area (TPSA) is 53.1 Å². The Kier molecular flexibility index (Phi) is 5.63. The van der Waals surface area contributed by atoms with Gasteiger partial charge in [-0.05, 0) is 36.2 Å². The van der Waals surface area contributed by atoms with Gasteiger partial charge in [-0.2, -0.15) is 0 Å². The van der Waals surface area contributed by atoms with Crippen LogP contribution in [0.25, 0.3) is 5.57 Å². The smallest absolute Gasteiger partial charge is 0.282 e. The molecule has 1 fully saturated rings. The highest BCUT2D eigenvalue weighted by molar-refractivity contribution is 7.11. The summed E-state index contributed by atoms with van der Waals surface area (Å²) in [5.41, 5.74) is 1.29. The fourth-order valence-electron chi connectivity index (χ4n) is 3.80. The Bertz CT molecular complexity index is 966. The Morgan fingerprint density at radius 1 is 1.10 bits per heavy atom. The van der Waals surface area contributed by atoms with Crippen LogP contribution in [0.1, 0.15) is 11.8 Å². The fourth-order valence-corrected chi connectivity index (χ4v) is 4.73. The number of carbonyl (C=O) groups is 2. The number of nitrogens with zero attached hydrogens (tertiary/aromatic N) is 3.